The number of thioether (sulfide) groups is 1. The molecule has 3 rings (SSSR count). The molecule has 0 radical (unpaired) electrons. The van der Waals surface area contributed by atoms with Crippen molar-refractivity contribution in [2.45, 2.75) is 23.7 Å². The number of aryl methyl sites for hydroxylation is 1. The fourth-order valence-corrected chi connectivity index (χ4v) is 3.98. The minimum atomic E-state index is -0.310. The first kappa shape index (κ1) is 20.9. The number of aromatic nitrogens is 2. The van der Waals surface area contributed by atoms with Crippen LogP contribution >= 0.6 is 23.1 Å². The Kier molecular flexibility index (Phi) is 7.71. The molecule has 2 aromatic carbocycles. The van der Waals surface area contributed by atoms with Crippen molar-refractivity contribution in [2.24, 2.45) is 0 Å². The highest BCUT2D eigenvalue weighted by atomic mass is 32.2. The predicted octanol–water partition coefficient (Wildman–Crippen LogP) is 3.66. The number of halogens is 1. The molecular formula is C20H19FN4O2S2. The molecule has 0 spiro atoms. The van der Waals surface area contributed by atoms with Crippen LogP contribution in [0.4, 0.5) is 9.52 Å². The smallest absolute Gasteiger partial charge is 0.230 e. The van der Waals surface area contributed by atoms with Crippen molar-refractivity contribution in [3.8, 4) is 0 Å². The summed E-state index contributed by atoms with van der Waals surface area (Å²) in [6.07, 6.45) is 1.01. The predicted molar refractivity (Wildman–Crippen MR) is 112 cm³/mol. The molecule has 0 aliphatic heterocycles. The molecule has 1 aromatic heterocycles. The summed E-state index contributed by atoms with van der Waals surface area (Å²) in [5.74, 6) is -0.422. The molecule has 29 heavy (non-hydrogen) atoms. The minimum absolute atomic E-state index is 0.126. The van der Waals surface area contributed by atoms with E-state index in [-0.39, 0.29) is 23.4 Å². The van der Waals surface area contributed by atoms with Crippen LogP contribution in [0.15, 0.2) is 58.9 Å². The third-order valence-corrected chi connectivity index (χ3v) is 5.84. The second-order valence-electron chi connectivity index (χ2n) is 6.10. The van der Waals surface area contributed by atoms with Crippen LogP contribution in [0, 0.1) is 5.82 Å². The monoisotopic (exact) mass is 430 g/mol. The highest BCUT2D eigenvalue weighted by Gasteiger charge is 2.11. The number of carbonyl (C=O) groups excluding carboxylic acids is 2. The van der Waals surface area contributed by atoms with E-state index in [2.05, 4.69) is 20.8 Å². The zero-order chi connectivity index (χ0) is 20.5. The Hall–Kier alpha value is -2.78. The maximum Gasteiger partial charge on any atom is 0.230 e. The summed E-state index contributed by atoms with van der Waals surface area (Å²) < 4.78 is 13.5. The Morgan fingerprint density at radius 3 is 2.48 bits per heavy atom. The van der Waals surface area contributed by atoms with Crippen molar-refractivity contribution >= 4 is 40.0 Å². The van der Waals surface area contributed by atoms with E-state index in [0.717, 1.165) is 11.1 Å². The zero-order valence-electron chi connectivity index (χ0n) is 15.4. The number of benzene rings is 2. The van der Waals surface area contributed by atoms with Gasteiger partial charge in [0.1, 0.15) is 5.82 Å². The molecule has 2 amide bonds. The van der Waals surface area contributed by atoms with Gasteiger partial charge >= 0.3 is 0 Å². The Bertz CT molecular complexity index is 949. The van der Waals surface area contributed by atoms with Crippen molar-refractivity contribution in [1.29, 1.82) is 0 Å². The molecule has 0 bridgehead atoms. The molecule has 9 heteroatoms. The first-order chi connectivity index (χ1) is 14.1. The fourth-order valence-electron chi connectivity index (χ4n) is 2.38. The molecule has 0 fully saturated rings. The van der Waals surface area contributed by atoms with Crippen molar-refractivity contribution in [2.75, 3.05) is 11.1 Å². The van der Waals surface area contributed by atoms with E-state index in [9.17, 15) is 14.0 Å². The topological polar surface area (TPSA) is 84.0 Å². The first-order valence-electron chi connectivity index (χ1n) is 8.90. The second kappa shape index (κ2) is 10.7. The largest absolute Gasteiger partial charge is 0.351 e. The van der Waals surface area contributed by atoms with Gasteiger partial charge in [0, 0.05) is 13.0 Å². The quantitative estimate of drug-likeness (QED) is 0.400. The molecule has 0 aliphatic rings. The fraction of sp³-hybridized carbons (Fsp3) is 0.200. The SMILES string of the molecule is O=C(CSc1nnc(NC(=O)CCc2ccccc2)s1)NCc1ccc(F)cc1. The van der Waals surface area contributed by atoms with Crippen LogP contribution in [-0.2, 0) is 22.6 Å². The molecule has 6 nitrogen and oxygen atoms in total. The maximum atomic E-state index is 12.9. The lowest BCUT2D eigenvalue weighted by molar-refractivity contribution is -0.118. The highest BCUT2D eigenvalue weighted by molar-refractivity contribution is 8.01. The van der Waals surface area contributed by atoms with Crippen LogP contribution in [0.5, 0.6) is 0 Å². The first-order valence-corrected chi connectivity index (χ1v) is 10.7. The van der Waals surface area contributed by atoms with Gasteiger partial charge in [0.15, 0.2) is 4.34 Å². The number of hydrogen-bond acceptors (Lipinski definition) is 6. The Morgan fingerprint density at radius 1 is 0.966 bits per heavy atom. The Balaban J connectivity index is 1.37. The second-order valence-corrected chi connectivity index (χ2v) is 8.30. The van der Waals surface area contributed by atoms with Crippen molar-refractivity contribution in [3.05, 3.63) is 71.5 Å². The number of carbonyl (C=O) groups is 2. The molecule has 1 heterocycles. The summed E-state index contributed by atoms with van der Waals surface area (Å²) >= 11 is 2.47. The van der Waals surface area contributed by atoms with Gasteiger partial charge < -0.3 is 10.6 Å². The van der Waals surface area contributed by atoms with E-state index in [1.165, 1.54) is 35.2 Å². The van der Waals surface area contributed by atoms with Gasteiger partial charge in [-0.15, -0.1) is 10.2 Å². The lowest BCUT2D eigenvalue weighted by Crippen LogP contribution is -2.24. The summed E-state index contributed by atoms with van der Waals surface area (Å²) in [5.41, 5.74) is 1.92. The number of nitrogens with one attached hydrogen (secondary N) is 2. The van der Waals surface area contributed by atoms with Crippen LogP contribution in [0.2, 0.25) is 0 Å². The molecular weight excluding hydrogens is 411 g/mol. The van der Waals surface area contributed by atoms with E-state index in [1.54, 1.807) is 12.1 Å². The van der Waals surface area contributed by atoms with E-state index >= 15 is 0 Å². The maximum absolute atomic E-state index is 12.9. The third kappa shape index (κ3) is 7.28. The number of nitrogens with zero attached hydrogens (tertiary/aromatic N) is 2. The standard InChI is InChI=1S/C20H19FN4O2S2/c21-16-9-6-15(7-10-16)12-22-18(27)13-28-20-25-24-19(29-20)23-17(26)11-8-14-4-2-1-3-5-14/h1-7,9-10H,8,11-13H2,(H,22,27)(H,23,24,26). The molecule has 2 N–H and O–H groups in total. The normalized spacial score (nSPS) is 10.5. The molecule has 150 valence electrons. The molecule has 0 saturated carbocycles. The van der Waals surface area contributed by atoms with Gasteiger partial charge in [0.05, 0.1) is 5.75 Å². The summed E-state index contributed by atoms with van der Waals surface area (Å²) in [6, 6.07) is 15.7. The lowest BCUT2D eigenvalue weighted by atomic mass is 10.1. The van der Waals surface area contributed by atoms with Crippen LogP contribution in [0.3, 0.4) is 0 Å². The van der Waals surface area contributed by atoms with Gasteiger partial charge in [0.2, 0.25) is 16.9 Å². The van der Waals surface area contributed by atoms with Crippen molar-refractivity contribution in [3.63, 3.8) is 0 Å². The number of anilines is 1. The van der Waals surface area contributed by atoms with E-state index < -0.39 is 0 Å². The average molecular weight is 431 g/mol. The molecule has 0 unspecified atom stereocenters. The zero-order valence-corrected chi connectivity index (χ0v) is 17.1. The van der Waals surface area contributed by atoms with E-state index in [1.807, 2.05) is 30.3 Å². The molecule has 0 atom stereocenters. The van der Waals surface area contributed by atoms with Gasteiger partial charge in [0.25, 0.3) is 0 Å². The lowest BCUT2D eigenvalue weighted by Gasteiger charge is -2.04. The van der Waals surface area contributed by atoms with Crippen LogP contribution in [0.1, 0.15) is 17.5 Å². The van der Waals surface area contributed by atoms with Crippen LogP contribution in [-0.4, -0.2) is 27.8 Å². The van der Waals surface area contributed by atoms with E-state index in [4.69, 9.17) is 0 Å². The Morgan fingerprint density at radius 2 is 1.72 bits per heavy atom. The summed E-state index contributed by atoms with van der Waals surface area (Å²) in [7, 11) is 0. The minimum Gasteiger partial charge on any atom is -0.351 e. The van der Waals surface area contributed by atoms with E-state index in [0.29, 0.717) is 28.9 Å². The highest BCUT2D eigenvalue weighted by Crippen LogP contribution is 2.25. The number of amides is 2. The number of rotatable bonds is 9. The average Bonchev–Trinajstić information content (AvgIpc) is 3.18. The van der Waals surface area contributed by atoms with Crippen molar-refractivity contribution < 1.29 is 14.0 Å². The molecule has 0 saturated heterocycles. The van der Waals surface area contributed by atoms with Gasteiger partial charge in [-0.05, 0) is 29.7 Å². The van der Waals surface area contributed by atoms with Crippen LogP contribution < -0.4 is 10.6 Å². The van der Waals surface area contributed by atoms with Crippen molar-refractivity contribution in [1.82, 2.24) is 15.5 Å². The number of hydrogen-bond donors (Lipinski definition) is 2. The molecule has 3 aromatic rings. The molecule has 0 aliphatic carbocycles. The summed E-state index contributed by atoms with van der Waals surface area (Å²) in [6.45, 7) is 0.332. The third-order valence-electron chi connectivity index (χ3n) is 3.87. The summed E-state index contributed by atoms with van der Waals surface area (Å²) in [5, 5.41) is 13.8. The van der Waals surface area contributed by atoms with Crippen LogP contribution in [0.25, 0.3) is 0 Å². The Labute approximate surface area is 175 Å². The summed E-state index contributed by atoms with van der Waals surface area (Å²) in [4.78, 5) is 24.0. The van der Waals surface area contributed by atoms with Gasteiger partial charge in [-0.1, -0.05) is 65.6 Å². The van der Waals surface area contributed by atoms with Gasteiger partial charge in [-0.25, -0.2) is 4.39 Å². The van der Waals surface area contributed by atoms with Gasteiger partial charge in [-0.2, -0.15) is 0 Å². The van der Waals surface area contributed by atoms with Gasteiger partial charge in [-0.3, -0.25) is 9.59 Å².